The van der Waals surface area contributed by atoms with Gasteiger partial charge in [-0.2, -0.15) is 0 Å². The Bertz CT molecular complexity index is 699. The van der Waals surface area contributed by atoms with Crippen LogP contribution in [0, 0.1) is 5.92 Å². The number of aromatic nitrogens is 2. The molecule has 2 fully saturated rings. The van der Waals surface area contributed by atoms with Gasteiger partial charge < -0.3 is 4.74 Å². The zero-order valence-electron chi connectivity index (χ0n) is 15.1. The van der Waals surface area contributed by atoms with Crippen LogP contribution in [0.15, 0.2) is 42.6 Å². The molecule has 132 valence electrons. The van der Waals surface area contributed by atoms with Crippen LogP contribution in [-0.2, 0) is 11.3 Å². The second kappa shape index (κ2) is 7.22. The molecule has 2 aliphatic rings. The Labute approximate surface area is 150 Å². The molecule has 25 heavy (non-hydrogen) atoms. The van der Waals surface area contributed by atoms with Crippen LogP contribution >= 0.6 is 0 Å². The molecule has 1 aromatic heterocycles. The molecule has 4 nitrogen and oxygen atoms in total. The molecule has 0 bridgehead atoms. The molecule has 1 aromatic carbocycles. The van der Waals surface area contributed by atoms with Gasteiger partial charge in [-0.05, 0) is 30.4 Å². The summed E-state index contributed by atoms with van der Waals surface area (Å²) < 4.78 is 6.45. The number of hydrogen-bond donors (Lipinski definition) is 0. The van der Waals surface area contributed by atoms with Crippen LogP contribution in [0.5, 0.6) is 0 Å². The van der Waals surface area contributed by atoms with Crippen molar-refractivity contribution < 1.29 is 4.74 Å². The Morgan fingerprint density at radius 2 is 1.92 bits per heavy atom. The lowest BCUT2D eigenvalue weighted by atomic mass is 10.0. The van der Waals surface area contributed by atoms with Crippen molar-refractivity contribution in [2.45, 2.75) is 51.4 Å². The number of rotatable bonds is 5. The van der Waals surface area contributed by atoms with E-state index in [0.29, 0.717) is 12.0 Å². The maximum absolute atomic E-state index is 6.45. The van der Waals surface area contributed by atoms with Crippen molar-refractivity contribution in [3.63, 3.8) is 0 Å². The van der Waals surface area contributed by atoms with Gasteiger partial charge in [0.1, 0.15) is 5.82 Å². The van der Waals surface area contributed by atoms with E-state index in [1.54, 1.807) is 0 Å². The molecule has 2 atom stereocenters. The van der Waals surface area contributed by atoms with Crippen molar-refractivity contribution in [1.29, 1.82) is 0 Å². The van der Waals surface area contributed by atoms with Gasteiger partial charge in [-0.1, -0.05) is 44.2 Å². The van der Waals surface area contributed by atoms with Crippen molar-refractivity contribution >= 4 is 0 Å². The van der Waals surface area contributed by atoms with Gasteiger partial charge >= 0.3 is 0 Å². The fourth-order valence-electron chi connectivity index (χ4n) is 3.58. The number of nitrogens with zero attached hydrogens (tertiary/aromatic N) is 3. The zero-order valence-corrected chi connectivity index (χ0v) is 15.1. The van der Waals surface area contributed by atoms with Crippen molar-refractivity contribution in [1.82, 2.24) is 14.9 Å². The third-order valence-corrected chi connectivity index (χ3v) is 5.15. The molecule has 0 spiro atoms. The topological polar surface area (TPSA) is 38.2 Å². The zero-order chi connectivity index (χ0) is 17.2. The first-order valence-electron chi connectivity index (χ1n) is 9.43. The van der Waals surface area contributed by atoms with E-state index >= 15 is 0 Å². The second-order valence-electron chi connectivity index (χ2n) is 7.67. The van der Waals surface area contributed by atoms with Crippen LogP contribution in [-0.4, -0.2) is 34.1 Å². The Hall–Kier alpha value is -1.78. The summed E-state index contributed by atoms with van der Waals surface area (Å²) in [4.78, 5) is 11.7. The van der Waals surface area contributed by atoms with Gasteiger partial charge in [-0.3, -0.25) is 4.90 Å². The highest BCUT2D eigenvalue weighted by Gasteiger charge is 2.38. The molecular formula is C21H27N3O. The highest BCUT2D eigenvalue weighted by Crippen LogP contribution is 2.39. The van der Waals surface area contributed by atoms with Gasteiger partial charge in [0, 0.05) is 31.7 Å². The molecule has 4 heteroatoms. The van der Waals surface area contributed by atoms with Crippen molar-refractivity contribution in [3.8, 4) is 0 Å². The fourth-order valence-corrected chi connectivity index (χ4v) is 3.58. The van der Waals surface area contributed by atoms with E-state index < -0.39 is 0 Å². The predicted octanol–water partition coefficient (Wildman–Crippen LogP) is 3.95. The van der Waals surface area contributed by atoms with Crippen LogP contribution in [0.3, 0.4) is 0 Å². The van der Waals surface area contributed by atoms with Crippen molar-refractivity contribution in [2.24, 2.45) is 5.92 Å². The molecule has 1 saturated carbocycles. The molecule has 1 saturated heterocycles. The maximum atomic E-state index is 6.45. The Balaban J connectivity index is 1.51. The first-order valence-corrected chi connectivity index (χ1v) is 9.43. The molecule has 1 aliphatic heterocycles. The largest absolute Gasteiger partial charge is 0.367 e. The van der Waals surface area contributed by atoms with Gasteiger partial charge in [-0.15, -0.1) is 0 Å². The van der Waals surface area contributed by atoms with Crippen LogP contribution in [0.2, 0.25) is 0 Å². The first-order chi connectivity index (χ1) is 12.2. The standard InChI is InChI=1S/C21H27N3O/c1-15(2)21-22-11-10-18(23-21)12-24-13-19(16-6-4-3-5-7-16)25-20(14-24)17-8-9-17/h3-7,10-11,15,17,19-20H,8-9,12-14H2,1-2H3/t19-,20+/m0/s1. The van der Waals surface area contributed by atoms with Crippen LogP contribution in [0.1, 0.15) is 55.8 Å². The molecule has 2 heterocycles. The molecule has 4 rings (SSSR count). The molecule has 0 unspecified atom stereocenters. The average Bonchev–Trinajstić information content (AvgIpc) is 3.48. The Morgan fingerprint density at radius 1 is 1.12 bits per heavy atom. The van der Waals surface area contributed by atoms with Crippen LogP contribution < -0.4 is 0 Å². The highest BCUT2D eigenvalue weighted by atomic mass is 16.5. The lowest BCUT2D eigenvalue weighted by Crippen LogP contribution is -2.44. The van der Waals surface area contributed by atoms with Crippen molar-refractivity contribution in [3.05, 3.63) is 59.7 Å². The third kappa shape index (κ3) is 4.07. The quantitative estimate of drug-likeness (QED) is 0.828. The van der Waals surface area contributed by atoms with Gasteiger partial charge in [-0.25, -0.2) is 9.97 Å². The Kier molecular flexibility index (Phi) is 4.82. The van der Waals surface area contributed by atoms with Gasteiger partial charge in [0.15, 0.2) is 0 Å². The molecule has 2 aromatic rings. The summed E-state index contributed by atoms with van der Waals surface area (Å²) in [5.41, 5.74) is 2.39. The van der Waals surface area contributed by atoms with Gasteiger partial charge in [0.25, 0.3) is 0 Å². The summed E-state index contributed by atoms with van der Waals surface area (Å²) in [5.74, 6) is 2.04. The SMILES string of the molecule is CC(C)c1nccc(CN2C[C@@H](c3ccccc3)O[C@@H](C3CC3)C2)n1. The minimum Gasteiger partial charge on any atom is -0.367 e. The first kappa shape index (κ1) is 16.7. The minimum atomic E-state index is 0.159. The predicted molar refractivity (Wildman–Crippen MR) is 98.2 cm³/mol. The lowest BCUT2D eigenvalue weighted by Gasteiger charge is -2.38. The minimum absolute atomic E-state index is 0.159. The van der Waals surface area contributed by atoms with Crippen LogP contribution in [0.4, 0.5) is 0 Å². The molecule has 0 N–H and O–H groups in total. The van der Waals surface area contributed by atoms with E-state index in [-0.39, 0.29) is 6.10 Å². The number of benzene rings is 1. The number of ether oxygens (including phenoxy) is 1. The molecule has 0 radical (unpaired) electrons. The fraction of sp³-hybridized carbons (Fsp3) is 0.524. The summed E-state index contributed by atoms with van der Waals surface area (Å²) in [6, 6.07) is 12.7. The number of morpholine rings is 1. The maximum Gasteiger partial charge on any atom is 0.131 e. The number of hydrogen-bond acceptors (Lipinski definition) is 4. The summed E-state index contributed by atoms with van der Waals surface area (Å²) >= 11 is 0. The summed E-state index contributed by atoms with van der Waals surface area (Å²) in [6.45, 7) is 7.09. The van der Waals surface area contributed by atoms with E-state index in [1.165, 1.54) is 18.4 Å². The highest BCUT2D eigenvalue weighted by molar-refractivity contribution is 5.19. The van der Waals surface area contributed by atoms with Crippen LogP contribution in [0.25, 0.3) is 0 Å². The second-order valence-corrected chi connectivity index (χ2v) is 7.67. The summed E-state index contributed by atoms with van der Waals surface area (Å²) in [5, 5.41) is 0. The molecule has 1 aliphatic carbocycles. The third-order valence-electron chi connectivity index (χ3n) is 5.15. The molecular weight excluding hydrogens is 310 g/mol. The van der Waals surface area contributed by atoms with E-state index in [2.05, 4.69) is 54.1 Å². The van der Waals surface area contributed by atoms with E-state index in [4.69, 9.17) is 9.72 Å². The van der Waals surface area contributed by atoms with E-state index in [0.717, 1.165) is 37.1 Å². The van der Waals surface area contributed by atoms with Gasteiger partial charge in [0.05, 0.1) is 17.9 Å². The van der Waals surface area contributed by atoms with Crippen molar-refractivity contribution in [2.75, 3.05) is 13.1 Å². The Morgan fingerprint density at radius 3 is 2.64 bits per heavy atom. The average molecular weight is 337 g/mol. The molecule has 0 amide bonds. The van der Waals surface area contributed by atoms with E-state index in [1.807, 2.05) is 12.3 Å². The normalized spacial score (nSPS) is 24.6. The van der Waals surface area contributed by atoms with E-state index in [9.17, 15) is 0 Å². The smallest absolute Gasteiger partial charge is 0.131 e. The summed E-state index contributed by atoms with van der Waals surface area (Å²) in [7, 11) is 0. The summed E-state index contributed by atoms with van der Waals surface area (Å²) in [6.07, 6.45) is 5.03. The lowest BCUT2D eigenvalue weighted by molar-refractivity contribution is -0.0988. The van der Waals surface area contributed by atoms with Gasteiger partial charge in [0.2, 0.25) is 0 Å². The monoisotopic (exact) mass is 337 g/mol.